The summed E-state index contributed by atoms with van der Waals surface area (Å²) >= 11 is 0. The second-order valence-corrected chi connectivity index (χ2v) is 8.92. The molecule has 30 heavy (non-hydrogen) atoms. The van der Waals surface area contributed by atoms with Crippen molar-refractivity contribution < 1.29 is 17.9 Å². The molecule has 0 fully saturated rings. The molecule has 0 bridgehead atoms. The van der Waals surface area contributed by atoms with Crippen LogP contribution in [0.2, 0.25) is 0 Å². The van der Waals surface area contributed by atoms with Gasteiger partial charge in [0.25, 0.3) is 5.91 Å². The minimum atomic E-state index is -3.67. The van der Waals surface area contributed by atoms with Crippen LogP contribution in [0.4, 0.5) is 5.69 Å². The van der Waals surface area contributed by atoms with E-state index in [0.717, 1.165) is 0 Å². The third-order valence-corrected chi connectivity index (χ3v) is 6.20. The fraction of sp³-hybridized carbons (Fsp3) is 0.261. The fourth-order valence-electron chi connectivity index (χ4n) is 2.71. The van der Waals surface area contributed by atoms with Gasteiger partial charge < -0.3 is 10.1 Å². The van der Waals surface area contributed by atoms with Crippen molar-refractivity contribution in [2.24, 2.45) is 0 Å². The van der Waals surface area contributed by atoms with Gasteiger partial charge >= 0.3 is 0 Å². The lowest BCUT2D eigenvalue weighted by Crippen LogP contribution is -2.31. The Bertz CT molecular complexity index is 955. The number of carbonyl (C=O) groups excluding carboxylic acids is 1. The molecule has 0 atom stereocenters. The summed E-state index contributed by atoms with van der Waals surface area (Å²) in [6, 6.07) is 13.6. The van der Waals surface area contributed by atoms with E-state index in [4.69, 9.17) is 4.74 Å². The maximum Gasteiger partial charge on any atom is 0.262 e. The molecule has 0 saturated carbocycles. The van der Waals surface area contributed by atoms with E-state index in [1.165, 1.54) is 34.2 Å². The standard InChI is InChI=1S/C23H28N2O4S/c1-5-15-25(16-6-2)30(27,28)22-13-9-20(10-14-22)24-23(26)17-29-21-11-7-19(8-12-21)18(3)4/h5-14,18H,1-2,15-17H2,3-4H3,(H,24,26). The molecule has 1 N–H and O–H groups in total. The number of hydrogen-bond donors (Lipinski definition) is 1. The Balaban J connectivity index is 1.96. The molecule has 0 saturated heterocycles. The van der Waals surface area contributed by atoms with Crippen LogP contribution in [0.3, 0.4) is 0 Å². The number of rotatable bonds is 11. The van der Waals surface area contributed by atoms with E-state index in [1.807, 2.05) is 24.3 Å². The van der Waals surface area contributed by atoms with Crippen molar-refractivity contribution in [3.63, 3.8) is 0 Å². The zero-order valence-corrected chi connectivity index (χ0v) is 18.2. The maximum atomic E-state index is 12.7. The van der Waals surface area contributed by atoms with Gasteiger partial charge in [0.1, 0.15) is 5.75 Å². The van der Waals surface area contributed by atoms with E-state index in [2.05, 4.69) is 32.3 Å². The summed E-state index contributed by atoms with van der Waals surface area (Å²) in [6.45, 7) is 11.6. The van der Waals surface area contributed by atoms with Gasteiger partial charge in [0.05, 0.1) is 4.90 Å². The molecule has 160 valence electrons. The van der Waals surface area contributed by atoms with Gasteiger partial charge in [0, 0.05) is 18.8 Å². The molecule has 0 heterocycles. The molecule has 2 rings (SSSR count). The van der Waals surface area contributed by atoms with E-state index >= 15 is 0 Å². The normalized spacial score (nSPS) is 11.3. The van der Waals surface area contributed by atoms with Crippen molar-refractivity contribution in [1.82, 2.24) is 4.31 Å². The van der Waals surface area contributed by atoms with Gasteiger partial charge in [-0.3, -0.25) is 4.79 Å². The molecule has 0 unspecified atom stereocenters. The number of nitrogens with zero attached hydrogens (tertiary/aromatic N) is 1. The Hall–Kier alpha value is -2.90. The van der Waals surface area contributed by atoms with Crippen LogP contribution >= 0.6 is 0 Å². The number of sulfonamides is 1. The smallest absolute Gasteiger partial charge is 0.262 e. The summed E-state index contributed by atoms with van der Waals surface area (Å²) in [5, 5.41) is 2.70. The Morgan fingerprint density at radius 1 is 1.03 bits per heavy atom. The second kappa shape index (κ2) is 10.8. The van der Waals surface area contributed by atoms with Crippen LogP contribution in [0.25, 0.3) is 0 Å². The van der Waals surface area contributed by atoms with Gasteiger partial charge in [0.2, 0.25) is 10.0 Å². The molecular formula is C23H28N2O4S. The third kappa shape index (κ3) is 6.30. The summed E-state index contributed by atoms with van der Waals surface area (Å²) in [7, 11) is -3.67. The molecule has 2 aromatic rings. The molecule has 0 radical (unpaired) electrons. The minimum Gasteiger partial charge on any atom is -0.484 e. The van der Waals surface area contributed by atoms with Crippen LogP contribution < -0.4 is 10.1 Å². The number of carbonyl (C=O) groups is 1. The first-order valence-electron chi connectivity index (χ1n) is 9.62. The molecular weight excluding hydrogens is 400 g/mol. The van der Waals surface area contributed by atoms with Gasteiger partial charge in [-0.15, -0.1) is 13.2 Å². The Kier molecular flexibility index (Phi) is 8.38. The lowest BCUT2D eigenvalue weighted by molar-refractivity contribution is -0.118. The van der Waals surface area contributed by atoms with Crippen molar-refractivity contribution in [2.45, 2.75) is 24.7 Å². The number of hydrogen-bond acceptors (Lipinski definition) is 4. The van der Waals surface area contributed by atoms with Gasteiger partial charge in [-0.1, -0.05) is 38.1 Å². The monoisotopic (exact) mass is 428 g/mol. The van der Waals surface area contributed by atoms with Crippen LogP contribution in [0.5, 0.6) is 5.75 Å². The Morgan fingerprint density at radius 3 is 2.10 bits per heavy atom. The highest BCUT2D eigenvalue weighted by molar-refractivity contribution is 7.89. The second-order valence-electron chi connectivity index (χ2n) is 6.98. The van der Waals surface area contributed by atoms with Crippen LogP contribution in [-0.2, 0) is 14.8 Å². The van der Waals surface area contributed by atoms with Gasteiger partial charge in [0.15, 0.2) is 6.61 Å². The first-order valence-corrected chi connectivity index (χ1v) is 11.1. The molecule has 0 aliphatic carbocycles. The van der Waals surface area contributed by atoms with E-state index < -0.39 is 10.0 Å². The molecule has 0 aliphatic rings. The molecule has 7 heteroatoms. The van der Waals surface area contributed by atoms with Crippen molar-refractivity contribution in [3.05, 3.63) is 79.4 Å². The number of amides is 1. The van der Waals surface area contributed by atoms with Crippen LogP contribution in [0.1, 0.15) is 25.3 Å². The third-order valence-electron chi connectivity index (χ3n) is 4.36. The lowest BCUT2D eigenvalue weighted by Gasteiger charge is -2.19. The quantitative estimate of drug-likeness (QED) is 0.545. The summed E-state index contributed by atoms with van der Waals surface area (Å²) in [5.41, 5.74) is 1.68. The predicted octanol–water partition coefficient (Wildman–Crippen LogP) is 4.19. The highest BCUT2D eigenvalue weighted by atomic mass is 32.2. The molecule has 1 amide bonds. The highest BCUT2D eigenvalue weighted by Crippen LogP contribution is 2.20. The molecule has 0 aromatic heterocycles. The molecule has 6 nitrogen and oxygen atoms in total. The topological polar surface area (TPSA) is 75.7 Å². The SMILES string of the molecule is C=CCN(CC=C)S(=O)(=O)c1ccc(NC(=O)COc2ccc(C(C)C)cc2)cc1. The summed E-state index contributed by atoms with van der Waals surface area (Å²) in [6.07, 6.45) is 3.04. The lowest BCUT2D eigenvalue weighted by atomic mass is 10.0. The zero-order chi connectivity index (χ0) is 22.1. The van der Waals surface area contributed by atoms with Gasteiger partial charge in [-0.2, -0.15) is 4.31 Å². The fourth-order valence-corrected chi connectivity index (χ4v) is 4.09. The maximum absolute atomic E-state index is 12.7. The van der Waals surface area contributed by atoms with Crippen molar-refractivity contribution in [3.8, 4) is 5.75 Å². The van der Waals surface area contributed by atoms with Gasteiger partial charge in [-0.25, -0.2) is 8.42 Å². The minimum absolute atomic E-state index is 0.130. The van der Waals surface area contributed by atoms with Crippen molar-refractivity contribution >= 4 is 21.6 Å². The van der Waals surface area contributed by atoms with Crippen molar-refractivity contribution in [1.29, 1.82) is 0 Å². The molecule has 0 aliphatic heterocycles. The summed E-state index contributed by atoms with van der Waals surface area (Å²) < 4.78 is 32.2. The first kappa shape index (κ1) is 23.4. The average molecular weight is 429 g/mol. The number of nitrogens with one attached hydrogen (secondary N) is 1. The van der Waals surface area contributed by atoms with Crippen LogP contribution in [-0.4, -0.2) is 38.3 Å². The Morgan fingerprint density at radius 2 is 1.60 bits per heavy atom. The Labute approximate surface area is 178 Å². The van der Waals surface area contributed by atoms with Gasteiger partial charge in [-0.05, 0) is 47.9 Å². The number of ether oxygens (including phenoxy) is 1. The predicted molar refractivity (Wildman–Crippen MR) is 120 cm³/mol. The van der Waals surface area contributed by atoms with E-state index in [0.29, 0.717) is 17.4 Å². The molecule has 2 aromatic carbocycles. The summed E-state index contributed by atoms with van der Waals surface area (Å²) in [5.74, 6) is 0.703. The van der Waals surface area contributed by atoms with Crippen LogP contribution in [0.15, 0.2) is 78.7 Å². The first-order chi connectivity index (χ1) is 14.3. The van der Waals surface area contributed by atoms with Crippen molar-refractivity contribution in [2.75, 3.05) is 25.0 Å². The van der Waals surface area contributed by atoms with E-state index in [-0.39, 0.29) is 30.5 Å². The van der Waals surface area contributed by atoms with E-state index in [1.54, 1.807) is 12.1 Å². The average Bonchev–Trinajstić information content (AvgIpc) is 2.73. The summed E-state index contributed by atoms with van der Waals surface area (Å²) in [4.78, 5) is 12.3. The molecule has 0 spiro atoms. The number of benzene rings is 2. The largest absolute Gasteiger partial charge is 0.484 e. The zero-order valence-electron chi connectivity index (χ0n) is 17.4. The van der Waals surface area contributed by atoms with E-state index in [9.17, 15) is 13.2 Å². The van der Waals surface area contributed by atoms with Crippen LogP contribution in [0, 0.1) is 0 Å². The number of anilines is 1. The highest BCUT2D eigenvalue weighted by Gasteiger charge is 2.22.